The van der Waals surface area contributed by atoms with E-state index in [0.29, 0.717) is 0 Å². The van der Waals surface area contributed by atoms with Crippen molar-refractivity contribution in [2.45, 2.75) is 51.0 Å². The number of aryl methyl sites for hydroxylation is 1. The molecule has 1 heterocycles. The van der Waals surface area contributed by atoms with E-state index in [0.717, 1.165) is 54.7 Å². The van der Waals surface area contributed by atoms with E-state index in [2.05, 4.69) is 10.3 Å². The molecule has 0 spiro atoms. The first kappa shape index (κ1) is 15.3. The number of hydrogen-bond donors (Lipinski definition) is 1. The van der Waals surface area contributed by atoms with E-state index in [-0.39, 0.29) is 17.9 Å². The van der Waals surface area contributed by atoms with Crippen molar-refractivity contribution in [3.8, 4) is 11.4 Å². The summed E-state index contributed by atoms with van der Waals surface area (Å²) in [5.74, 6) is 1.20. The summed E-state index contributed by atoms with van der Waals surface area (Å²) in [6.45, 7) is 0. The maximum absolute atomic E-state index is 12.5. The van der Waals surface area contributed by atoms with Crippen LogP contribution in [-0.2, 0) is 11.2 Å². The zero-order valence-electron chi connectivity index (χ0n) is 13.9. The van der Waals surface area contributed by atoms with Gasteiger partial charge in [-0.2, -0.15) is 0 Å². The second-order valence-corrected chi connectivity index (χ2v) is 6.90. The summed E-state index contributed by atoms with van der Waals surface area (Å²) in [5, 5.41) is 3.26. The monoisotopic (exact) mass is 321 g/mol. The molecule has 0 bridgehead atoms. The van der Waals surface area contributed by atoms with Crippen molar-refractivity contribution in [1.82, 2.24) is 15.3 Å². The Morgan fingerprint density at radius 2 is 1.83 bits per heavy atom. The van der Waals surface area contributed by atoms with Crippen molar-refractivity contribution < 1.29 is 4.79 Å². The first-order valence-corrected chi connectivity index (χ1v) is 9.03. The number of nitrogens with one attached hydrogen (secondary N) is 1. The molecule has 0 saturated heterocycles. The number of nitrogens with zero attached hydrogens (tertiary/aromatic N) is 2. The Balaban J connectivity index is 1.55. The Bertz CT molecular complexity index is 723. The second kappa shape index (κ2) is 6.71. The fourth-order valence-electron chi connectivity index (χ4n) is 3.90. The number of carbonyl (C=O) groups excluding carboxylic acids is 1. The molecule has 2 aliphatic rings. The van der Waals surface area contributed by atoms with Crippen molar-refractivity contribution in [2.75, 3.05) is 0 Å². The molecule has 4 heteroatoms. The SMILES string of the molecule is O=C(N[C@@H]1CCCc2nc(-c3ccccc3)ncc21)C1CCCC1. The molecule has 1 amide bonds. The van der Waals surface area contributed by atoms with Gasteiger partial charge in [0.2, 0.25) is 5.91 Å². The zero-order valence-corrected chi connectivity index (χ0v) is 13.9. The Labute approximate surface area is 142 Å². The third kappa shape index (κ3) is 3.05. The third-order valence-corrected chi connectivity index (χ3v) is 5.26. The van der Waals surface area contributed by atoms with Crippen molar-refractivity contribution in [1.29, 1.82) is 0 Å². The van der Waals surface area contributed by atoms with E-state index in [4.69, 9.17) is 4.98 Å². The van der Waals surface area contributed by atoms with E-state index in [1.54, 1.807) is 0 Å². The predicted molar refractivity (Wildman–Crippen MR) is 93.2 cm³/mol. The summed E-state index contributed by atoms with van der Waals surface area (Å²) in [4.78, 5) is 21.8. The fraction of sp³-hybridized carbons (Fsp3) is 0.450. The minimum Gasteiger partial charge on any atom is -0.349 e. The van der Waals surface area contributed by atoms with E-state index in [1.165, 1.54) is 12.8 Å². The van der Waals surface area contributed by atoms with Gasteiger partial charge in [0.05, 0.1) is 6.04 Å². The molecular formula is C20H23N3O. The van der Waals surface area contributed by atoms with Crippen LogP contribution < -0.4 is 5.32 Å². The minimum absolute atomic E-state index is 0.0756. The van der Waals surface area contributed by atoms with Crippen molar-refractivity contribution >= 4 is 5.91 Å². The lowest BCUT2D eigenvalue weighted by molar-refractivity contribution is -0.125. The summed E-state index contributed by atoms with van der Waals surface area (Å²) >= 11 is 0. The lowest BCUT2D eigenvalue weighted by Crippen LogP contribution is -2.35. The number of aromatic nitrogens is 2. The predicted octanol–water partition coefficient (Wildman–Crippen LogP) is 3.83. The van der Waals surface area contributed by atoms with Crippen LogP contribution in [0.15, 0.2) is 36.5 Å². The summed E-state index contributed by atoms with van der Waals surface area (Å²) in [6.07, 6.45) is 9.37. The Morgan fingerprint density at radius 3 is 2.62 bits per heavy atom. The van der Waals surface area contributed by atoms with Crippen LogP contribution >= 0.6 is 0 Å². The molecule has 0 radical (unpaired) electrons. The van der Waals surface area contributed by atoms with E-state index in [1.807, 2.05) is 36.5 Å². The molecule has 1 aromatic heterocycles. The van der Waals surface area contributed by atoms with Crippen LogP contribution in [0, 0.1) is 5.92 Å². The van der Waals surface area contributed by atoms with Crippen LogP contribution in [0.4, 0.5) is 0 Å². The minimum atomic E-state index is 0.0756. The van der Waals surface area contributed by atoms with Crippen molar-refractivity contribution in [3.63, 3.8) is 0 Å². The molecule has 1 atom stereocenters. The molecule has 2 aliphatic carbocycles. The van der Waals surface area contributed by atoms with Gasteiger partial charge in [-0.1, -0.05) is 43.2 Å². The highest BCUT2D eigenvalue weighted by atomic mass is 16.1. The average molecular weight is 321 g/mol. The van der Waals surface area contributed by atoms with Crippen LogP contribution in [0.25, 0.3) is 11.4 Å². The summed E-state index contributed by atoms with van der Waals surface area (Å²) in [6, 6.07) is 10.1. The van der Waals surface area contributed by atoms with E-state index in [9.17, 15) is 4.79 Å². The smallest absolute Gasteiger partial charge is 0.223 e. The maximum Gasteiger partial charge on any atom is 0.223 e. The number of hydrogen-bond acceptors (Lipinski definition) is 3. The molecular weight excluding hydrogens is 298 g/mol. The molecule has 1 N–H and O–H groups in total. The van der Waals surface area contributed by atoms with Crippen LogP contribution in [0.3, 0.4) is 0 Å². The van der Waals surface area contributed by atoms with Gasteiger partial charge in [0.15, 0.2) is 5.82 Å². The highest BCUT2D eigenvalue weighted by Crippen LogP contribution is 2.31. The number of benzene rings is 1. The van der Waals surface area contributed by atoms with Gasteiger partial charge in [0, 0.05) is 28.9 Å². The number of amides is 1. The summed E-state index contributed by atoms with van der Waals surface area (Å²) < 4.78 is 0. The van der Waals surface area contributed by atoms with E-state index >= 15 is 0 Å². The zero-order chi connectivity index (χ0) is 16.4. The van der Waals surface area contributed by atoms with Gasteiger partial charge in [-0.05, 0) is 32.1 Å². The quantitative estimate of drug-likeness (QED) is 0.935. The van der Waals surface area contributed by atoms with Gasteiger partial charge in [-0.3, -0.25) is 4.79 Å². The summed E-state index contributed by atoms with van der Waals surface area (Å²) in [5.41, 5.74) is 3.23. The number of fused-ring (bicyclic) bond motifs is 1. The van der Waals surface area contributed by atoms with Gasteiger partial charge in [-0.25, -0.2) is 9.97 Å². The standard InChI is InChI=1S/C20H23N3O/c24-20(15-9-4-5-10-15)23-18-12-6-11-17-16(18)13-21-19(22-17)14-7-2-1-3-8-14/h1-3,7-8,13,15,18H,4-6,9-12H2,(H,23,24)/t18-/m1/s1. The first-order valence-electron chi connectivity index (χ1n) is 9.03. The van der Waals surface area contributed by atoms with Crippen LogP contribution in [0.2, 0.25) is 0 Å². The highest BCUT2D eigenvalue weighted by molar-refractivity contribution is 5.79. The lowest BCUT2D eigenvalue weighted by Gasteiger charge is -2.26. The molecule has 0 aliphatic heterocycles. The normalized spacial score (nSPS) is 20.6. The second-order valence-electron chi connectivity index (χ2n) is 6.90. The Hall–Kier alpha value is -2.23. The van der Waals surface area contributed by atoms with E-state index < -0.39 is 0 Å². The van der Waals surface area contributed by atoms with Crippen molar-refractivity contribution in [3.05, 3.63) is 47.8 Å². The molecule has 1 fully saturated rings. The maximum atomic E-state index is 12.5. The first-order chi connectivity index (χ1) is 11.8. The summed E-state index contributed by atoms with van der Waals surface area (Å²) in [7, 11) is 0. The highest BCUT2D eigenvalue weighted by Gasteiger charge is 2.28. The molecule has 0 unspecified atom stereocenters. The van der Waals surface area contributed by atoms with Gasteiger partial charge in [0.1, 0.15) is 0 Å². The molecule has 4 nitrogen and oxygen atoms in total. The third-order valence-electron chi connectivity index (χ3n) is 5.26. The van der Waals surface area contributed by atoms with Crippen LogP contribution in [0.5, 0.6) is 0 Å². The van der Waals surface area contributed by atoms with Gasteiger partial charge in [0.25, 0.3) is 0 Å². The average Bonchev–Trinajstić information content (AvgIpc) is 3.17. The Morgan fingerprint density at radius 1 is 1.04 bits per heavy atom. The molecule has 124 valence electrons. The topological polar surface area (TPSA) is 54.9 Å². The van der Waals surface area contributed by atoms with Crippen LogP contribution in [-0.4, -0.2) is 15.9 Å². The van der Waals surface area contributed by atoms with Gasteiger partial charge in [-0.15, -0.1) is 0 Å². The fourth-order valence-corrected chi connectivity index (χ4v) is 3.90. The number of rotatable bonds is 3. The number of carbonyl (C=O) groups is 1. The molecule has 2 aromatic rings. The van der Waals surface area contributed by atoms with Crippen LogP contribution in [0.1, 0.15) is 55.8 Å². The molecule has 1 saturated carbocycles. The largest absolute Gasteiger partial charge is 0.349 e. The molecule has 24 heavy (non-hydrogen) atoms. The molecule has 4 rings (SSSR count). The van der Waals surface area contributed by atoms with Gasteiger partial charge >= 0.3 is 0 Å². The lowest BCUT2D eigenvalue weighted by atomic mass is 9.91. The van der Waals surface area contributed by atoms with Crippen molar-refractivity contribution in [2.24, 2.45) is 5.92 Å². The Kier molecular flexibility index (Phi) is 4.28. The molecule has 1 aromatic carbocycles. The van der Waals surface area contributed by atoms with Gasteiger partial charge < -0.3 is 5.32 Å².